The van der Waals surface area contributed by atoms with Crippen LogP contribution in [0.2, 0.25) is 0 Å². The summed E-state index contributed by atoms with van der Waals surface area (Å²) >= 11 is 0. The van der Waals surface area contributed by atoms with Crippen molar-refractivity contribution in [2.45, 2.75) is 0 Å². The van der Waals surface area contributed by atoms with Crippen molar-refractivity contribution in [2.24, 2.45) is 0 Å². The van der Waals surface area contributed by atoms with Crippen molar-refractivity contribution < 1.29 is 14.6 Å². The Kier molecular flexibility index (Phi) is 3.26. The summed E-state index contributed by atoms with van der Waals surface area (Å²) in [4.78, 5) is 18.8. The first-order valence-corrected chi connectivity index (χ1v) is 5.91. The van der Waals surface area contributed by atoms with E-state index in [4.69, 9.17) is 9.84 Å². The fraction of sp³-hybridized carbons (Fsp3) is 0. The highest BCUT2D eigenvalue weighted by molar-refractivity contribution is 5.87. The van der Waals surface area contributed by atoms with E-state index in [1.807, 2.05) is 12.1 Å². The minimum Gasteiger partial charge on any atom is -0.476 e. The Balaban J connectivity index is 1.82. The third kappa shape index (κ3) is 2.68. The Hall–Kier alpha value is -3.29. The van der Waals surface area contributed by atoms with Gasteiger partial charge in [0.2, 0.25) is 5.69 Å². The molecule has 0 radical (unpaired) electrons. The summed E-state index contributed by atoms with van der Waals surface area (Å²) in [5.41, 5.74) is 1.53. The summed E-state index contributed by atoms with van der Waals surface area (Å²) in [6.07, 6.45) is 4.86. The molecule has 2 heterocycles. The maximum Gasteiger partial charge on any atom is 0.362 e. The first-order valence-electron chi connectivity index (χ1n) is 5.91. The summed E-state index contributed by atoms with van der Waals surface area (Å²) in [6, 6.07) is 7.04. The number of aromatic nitrogens is 5. The van der Waals surface area contributed by atoms with E-state index in [-0.39, 0.29) is 11.6 Å². The highest BCUT2D eigenvalue weighted by Crippen LogP contribution is 2.25. The molecule has 0 bridgehead atoms. The number of benzene rings is 1. The van der Waals surface area contributed by atoms with Crippen LogP contribution in [0, 0.1) is 0 Å². The summed E-state index contributed by atoms with van der Waals surface area (Å²) in [6.45, 7) is 0. The van der Waals surface area contributed by atoms with E-state index >= 15 is 0 Å². The maximum absolute atomic E-state index is 10.9. The van der Waals surface area contributed by atoms with E-state index in [0.717, 1.165) is 11.1 Å². The number of nitrogens with one attached hydrogen (secondary N) is 1. The van der Waals surface area contributed by atoms with E-state index in [2.05, 4.69) is 25.4 Å². The molecule has 21 heavy (non-hydrogen) atoms. The van der Waals surface area contributed by atoms with Crippen LogP contribution in [0.4, 0.5) is 0 Å². The first-order chi connectivity index (χ1) is 10.2. The summed E-state index contributed by atoms with van der Waals surface area (Å²) < 4.78 is 5.41. The van der Waals surface area contributed by atoms with Gasteiger partial charge in [0, 0.05) is 18.0 Å². The average molecular weight is 283 g/mol. The number of hydrogen-bond donors (Lipinski definition) is 2. The van der Waals surface area contributed by atoms with Crippen LogP contribution in [0.15, 0.2) is 43.0 Å². The van der Waals surface area contributed by atoms with Crippen LogP contribution < -0.4 is 4.74 Å². The Morgan fingerprint density at radius 1 is 1.10 bits per heavy atom. The van der Waals surface area contributed by atoms with Crippen molar-refractivity contribution in [3.05, 3.63) is 48.7 Å². The molecule has 1 aromatic carbocycles. The van der Waals surface area contributed by atoms with Gasteiger partial charge in [-0.15, -0.1) is 5.10 Å². The lowest BCUT2D eigenvalue weighted by Crippen LogP contribution is -1.99. The van der Waals surface area contributed by atoms with Gasteiger partial charge in [-0.3, -0.25) is 0 Å². The molecule has 2 aromatic heterocycles. The maximum atomic E-state index is 10.9. The minimum atomic E-state index is -1.21. The highest BCUT2D eigenvalue weighted by atomic mass is 16.5. The molecule has 0 fully saturated rings. The molecule has 0 amide bonds. The predicted molar refractivity (Wildman–Crippen MR) is 70.9 cm³/mol. The number of aromatic carboxylic acids is 1. The number of carbonyl (C=O) groups is 1. The lowest BCUT2D eigenvalue weighted by molar-refractivity contribution is 0.0687. The molecule has 8 nitrogen and oxygen atoms in total. The van der Waals surface area contributed by atoms with Crippen LogP contribution in [0.3, 0.4) is 0 Å². The summed E-state index contributed by atoms with van der Waals surface area (Å²) in [5, 5.41) is 18.1. The molecular weight excluding hydrogens is 274 g/mol. The predicted octanol–water partition coefficient (Wildman–Crippen LogP) is 1.75. The average Bonchev–Trinajstić information content (AvgIpc) is 2.97. The van der Waals surface area contributed by atoms with Gasteiger partial charge in [0.15, 0.2) is 0 Å². The van der Waals surface area contributed by atoms with Gasteiger partial charge in [0.25, 0.3) is 5.88 Å². The Morgan fingerprint density at radius 2 is 1.81 bits per heavy atom. The molecule has 104 valence electrons. The number of carboxylic acid groups (broad SMARTS) is 1. The second-order valence-electron chi connectivity index (χ2n) is 4.05. The van der Waals surface area contributed by atoms with Crippen molar-refractivity contribution in [1.29, 1.82) is 0 Å². The quantitative estimate of drug-likeness (QED) is 0.749. The van der Waals surface area contributed by atoms with E-state index in [1.165, 1.54) is 6.33 Å². The highest BCUT2D eigenvalue weighted by Gasteiger charge is 2.16. The molecule has 0 unspecified atom stereocenters. The Labute approximate surface area is 118 Å². The number of nitrogens with zero attached hydrogens (tertiary/aromatic N) is 4. The molecule has 0 aliphatic heterocycles. The molecule has 0 saturated carbocycles. The largest absolute Gasteiger partial charge is 0.476 e. The van der Waals surface area contributed by atoms with Crippen LogP contribution in [0.1, 0.15) is 10.5 Å². The Morgan fingerprint density at radius 3 is 2.48 bits per heavy atom. The van der Waals surface area contributed by atoms with Crippen LogP contribution in [-0.2, 0) is 0 Å². The van der Waals surface area contributed by atoms with Gasteiger partial charge in [-0.2, -0.15) is 0 Å². The summed E-state index contributed by atoms with van der Waals surface area (Å²) in [5.74, 6) is -0.765. The molecule has 0 aliphatic carbocycles. The number of aromatic amines is 1. The summed E-state index contributed by atoms with van der Waals surface area (Å²) in [7, 11) is 0. The fourth-order valence-corrected chi connectivity index (χ4v) is 1.71. The van der Waals surface area contributed by atoms with Gasteiger partial charge in [-0.25, -0.2) is 19.9 Å². The van der Waals surface area contributed by atoms with Crippen molar-refractivity contribution in [3.63, 3.8) is 0 Å². The third-order valence-electron chi connectivity index (χ3n) is 2.69. The number of H-pyrrole nitrogens is 1. The van der Waals surface area contributed by atoms with Gasteiger partial charge in [-0.05, 0) is 17.7 Å². The Bertz CT molecular complexity index is 755. The molecule has 3 aromatic rings. The molecular formula is C13H9N5O3. The second-order valence-corrected chi connectivity index (χ2v) is 4.05. The zero-order valence-electron chi connectivity index (χ0n) is 10.6. The van der Waals surface area contributed by atoms with Gasteiger partial charge in [-0.1, -0.05) is 17.3 Å². The first kappa shape index (κ1) is 12.7. The molecule has 0 atom stereocenters. The fourth-order valence-electron chi connectivity index (χ4n) is 1.71. The van der Waals surface area contributed by atoms with Crippen molar-refractivity contribution in [1.82, 2.24) is 25.4 Å². The van der Waals surface area contributed by atoms with Crippen LogP contribution in [0.25, 0.3) is 11.1 Å². The third-order valence-corrected chi connectivity index (χ3v) is 2.69. The van der Waals surface area contributed by atoms with Crippen LogP contribution in [0.5, 0.6) is 11.6 Å². The van der Waals surface area contributed by atoms with Crippen molar-refractivity contribution in [2.75, 3.05) is 0 Å². The lowest BCUT2D eigenvalue weighted by atomic mass is 10.1. The van der Waals surface area contributed by atoms with E-state index in [0.29, 0.717) is 5.75 Å². The second kappa shape index (κ2) is 5.37. The lowest BCUT2D eigenvalue weighted by Gasteiger charge is -2.05. The molecule has 2 N–H and O–H groups in total. The monoisotopic (exact) mass is 283 g/mol. The smallest absolute Gasteiger partial charge is 0.362 e. The molecule has 0 spiro atoms. The van der Waals surface area contributed by atoms with Crippen molar-refractivity contribution >= 4 is 5.97 Å². The zero-order valence-corrected chi connectivity index (χ0v) is 10.6. The topological polar surface area (TPSA) is 114 Å². The number of carboxylic acids is 1. The van der Waals surface area contributed by atoms with Crippen molar-refractivity contribution in [3.8, 4) is 22.8 Å². The van der Waals surface area contributed by atoms with Gasteiger partial charge < -0.3 is 9.84 Å². The SMILES string of the molecule is O=C(O)c1nn[nH]c1Oc1ccc(-c2cncnc2)cc1. The molecule has 0 aliphatic rings. The minimum absolute atomic E-state index is 0.0155. The number of rotatable bonds is 4. The van der Waals surface area contributed by atoms with E-state index in [1.54, 1.807) is 24.5 Å². The van der Waals surface area contributed by atoms with Gasteiger partial charge >= 0.3 is 5.97 Å². The molecule has 3 rings (SSSR count). The van der Waals surface area contributed by atoms with E-state index < -0.39 is 5.97 Å². The van der Waals surface area contributed by atoms with E-state index in [9.17, 15) is 4.79 Å². The van der Waals surface area contributed by atoms with Crippen LogP contribution >= 0.6 is 0 Å². The zero-order chi connectivity index (χ0) is 14.7. The number of hydrogen-bond acceptors (Lipinski definition) is 6. The van der Waals surface area contributed by atoms with Crippen LogP contribution in [-0.4, -0.2) is 36.5 Å². The van der Waals surface area contributed by atoms with Gasteiger partial charge in [0.05, 0.1) is 0 Å². The normalized spacial score (nSPS) is 10.3. The van der Waals surface area contributed by atoms with Gasteiger partial charge in [0.1, 0.15) is 12.1 Å². The number of ether oxygens (including phenoxy) is 1. The molecule has 8 heteroatoms. The molecule has 0 saturated heterocycles. The standard InChI is InChI=1S/C13H9N5O3/c19-13(20)11-12(17-18-16-11)21-10-3-1-8(2-4-10)9-5-14-7-15-6-9/h1-7H,(H,19,20)(H,16,17,18).